The molecule has 24 heavy (non-hydrogen) atoms. The van der Waals surface area contributed by atoms with E-state index in [9.17, 15) is 14.2 Å². The molecule has 8 nitrogen and oxygen atoms in total. The number of aliphatic hydroxyl groups excluding tert-OH is 1. The first-order valence-electron chi connectivity index (χ1n) is 8.56. The zero-order valence-electron chi connectivity index (χ0n) is 15.0. The summed E-state index contributed by atoms with van der Waals surface area (Å²) < 4.78 is 48.6. The first kappa shape index (κ1) is 22.3. The minimum atomic E-state index is -3.77. The van der Waals surface area contributed by atoms with Crippen molar-refractivity contribution in [3.8, 4) is 0 Å². The highest BCUT2D eigenvalue weighted by atomic mass is 31.2. The third-order valence-electron chi connectivity index (χ3n) is 3.63. The lowest BCUT2D eigenvalue weighted by Gasteiger charge is -2.40. The summed E-state index contributed by atoms with van der Waals surface area (Å²) in [5.41, 5.74) is -1.13. The van der Waals surface area contributed by atoms with Gasteiger partial charge in [0.2, 0.25) is 5.52 Å². The first-order valence-corrected chi connectivity index (χ1v) is 11.8. The van der Waals surface area contributed by atoms with Crippen LogP contribution in [-0.4, -0.2) is 61.2 Å². The number of likely N-dealkylation sites (tertiary alicyclic amines) is 1. The van der Waals surface area contributed by atoms with Gasteiger partial charge < -0.3 is 23.2 Å². The van der Waals surface area contributed by atoms with Crippen LogP contribution < -0.4 is 0 Å². The van der Waals surface area contributed by atoms with Gasteiger partial charge in [0, 0.05) is 13.1 Å². The fraction of sp³-hybridized carbons (Fsp3) is 1.00. The van der Waals surface area contributed by atoms with Gasteiger partial charge in [0.15, 0.2) is 0 Å². The molecule has 0 bridgehead atoms. The summed E-state index contributed by atoms with van der Waals surface area (Å²) in [4.78, 5) is 1.75. The van der Waals surface area contributed by atoms with Crippen LogP contribution in [0, 0.1) is 0 Å². The van der Waals surface area contributed by atoms with Crippen molar-refractivity contribution in [3.63, 3.8) is 0 Å². The van der Waals surface area contributed by atoms with E-state index in [1.165, 1.54) is 0 Å². The predicted octanol–water partition coefficient (Wildman–Crippen LogP) is 3.26. The van der Waals surface area contributed by atoms with Crippen LogP contribution in [0.15, 0.2) is 0 Å². The van der Waals surface area contributed by atoms with Gasteiger partial charge in [0.05, 0.1) is 32.5 Å². The molecule has 0 amide bonds. The Kier molecular flexibility index (Phi) is 9.64. The Morgan fingerprint density at radius 2 is 1.21 bits per heavy atom. The van der Waals surface area contributed by atoms with Crippen LogP contribution in [0.5, 0.6) is 0 Å². The van der Waals surface area contributed by atoms with E-state index in [4.69, 9.17) is 18.1 Å². The van der Waals surface area contributed by atoms with Crippen LogP contribution in [0.2, 0.25) is 0 Å². The second-order valence-electron chi connectivity index (χ2n) is 5.36. The van der Waals surface area contributed by atoms with E-state index in [-0.39, 0.29) is 26.4 Å². The molecule has 0 atom stereocenters. The smallest absolute Gasteiger partial charge is 0.360 e. The van der Waals surface area contributed by atoms with Gasteiger partial charge in [0.25, 0.3) is 0 Å². The number of piperidine rings is 1. The average Bonchev–Trinajstić information content (AvgIpc) is 2.50. The molecule has 1 N–H and O–H groups in total. The number of aliphatic hydroxyl groups is 1. The highest BCUT2D eigenvalue weighted by molar-refractivity contribution is 7.72. The van der Waals surface area contributed by atoms with Crippen LogP contribution in [0.3, 0.4) is 0 Å². The van der Waals surface area contributed by atoms with E-state index in [0.717, 1.165) is 0 Å². The van der Waals surface area contributed by atoms with Gasteiger partial charge in [-0.05, 0) is 40.5 Å². The second kappa shape index (κ2) is 10.4. The molecule has 1 aliphatic heterocycles. The molecule has 0 spiro atoms. The summed E-state index contributed by atoms with van der Waals surface area (Å²) in [6.07, 6.45) is 0.569. The number of rotatable bonds is 11. The van der Waals surface area contributed by atoms with Crippen molar-refractivity contribution in [3.05, 3.63) is 0 Å². The lowest BCUT2D eigenvalue weighted by Crippen LogP contribution is -2.43. The van der Waals surface area contributed by atoms with E-state index in [0.29, 0.717) is 25.9 Å². The third kappa shape index (κ3) is 5.61. The minimum Gasteiger partial charge on any atom is -0.393 e. The molecule has 1 heterocycles. The summed E-state index contributed by atoms with van der Waals surface area (Å²) >= 11 is 0. The normalized spacial score (nSPS) is 18.4. The molecule has 0 aromatic carbocycles. The molecule has 0 aliphatic carbocycles. The number of hydrogen-bond donors (Lipinski definition) is 1. The summed E-state index contributed by atoms with van der Waals surface area (Å²) in [5, 5.41) is 9.74. The summed E-state index contributed by atoms with van der Waals surface area (Å²) in [6, 6.07) is 0. The highest BCUT2D eigenvalue weighted by Gasteiger charge is 2.54. The van der Waals surface area contributed by atoms with Crippen LogP contribution in [0.4, 0.5) is 0 Å². The standard InChI is InChI=1S/C14H31NO7P2/c1-5-19-23(17,20-6-2)14(15-11-9-13(16)10-12-15)24(18,21-7-3)22-8-4/h13-14,16H,5-12H2,1-4H3. The van der Waals surface area contributed by atoms with Crippen LogP contribution in [0.25, 0.3) is 0 Å². The van der Waals surface area contributed by atoms with E-state index in [1.807, 2.05) is 0 Å². The Morgan fingerprint density at radius 1 is 0.875 bits per heavy atom. The van der Waals surface area contributed by atoms with Crippen molar-refractivity contribution in [2.75, 3.05) is 39.5 Å². The molecule has 1 aliphatic rings. The molecule has 10 heteroatoms. The Balaban J connectivity index is 3.27. The van der Waals surface area contributed by atoms with Crippen LogP contribution in [0.1, 0.15) is 40.5 Å². The summed E-state index contributed by atoms with van der Waals surface area (Å²) in [5.74, 6) is 0. The summed E-state index contributed by atoms with van der Waals surface area (Å²) in [7, 11) is -7.53. The molecular formula is C14H31NO7P2. The lowest BCUT2D eigenvalue weighted by molar-refractivity contribution is 0.0704. The minimum absolute atomic E-state index is 0.155. The molecule has 0 aromatic rings. The first-order chi connectivity index (χ1) is 11.4. The van der Waals surface area contributed by atoms with Gasteiger partial charge in [-0.3, -0.25) is 14.0 Å². The molecule has 1 rings (SSSR count). The number of nitrogens with zero attached hydrogens (tertiary/aromatic N) is 1. The summed E-state index contributed by atoms with van der Waals surface area (Å²) in [6.45, 7) is 8.27. The quantitative estimate of drug-likeness (QED) is 0.540. The molecular weight excluding hydrogens is 356 g/mol. The van der Waals surface area contributed by atoms with Crippen molar-refractivity contribution >= 4 is 15.2 Å². The van der Waals surface area contributed by atoms with Gasteiger partial charge in [-0.1, -0.05) is 0 Å². The fourth-order valence-electron chi connectivity index (χ4n) is 2.75. The van der Waals surface area contributed by atoms with Crippen molar-refractivity contribution in [2.24, 2.45) is 0 Å². The van der Waals surface area contributed by atoms with Crippen LogP contribution >= 0.6 is 15.2 Å². The van der Waals surface area contributed by atoms with E-state index in [2.05, 4.69) is 0 Å². The van der Waals surface area contributed by atoms with Gasteiger partial charge in [-0.25, -0.2) is 0 Å². The SMILES string of the molecule is CCOP(=O)(OCC)C(N1CCC(O)CC1)P(=O)(OCC)OCC. The average molecular weight is 387 g/mol. The van der Waals surface area contributed by atoms with Gasteiger partial charge >= 0.3 is 15.2 Å². The maximum Gasteiger partial charge on any atom is 0.360 e. The topological polar surface area (TPSA) is 94.5 Å². The van der Waals surface area contributed by atoms with Gasteiger partial charge in [-0.2, -0.15) is 0 Å². The number of hydrogen-bond acceptors (Lipinski definition) is 8. The van der Waals surface area contributed by atoms with Gasteiger partial charge in [-0.15, -0.1) is 0 Å². The van der Waals surface area contributed by atoms with Crippen molar-refractivity contribution in [1.82, 2.24) is 4.90 Å². The van der Waals surface area contributed by atoms with Crippen molar-refractivity contribution in [1.29, 1.82) is 0 Å². The monoisotopic (exact) mass is 387 g/mol. The molecule has 144 valence electrons. The van der Waals surface area contributed by atoms with Crippen molar-refractivity contribution < 1.29 is 32.3 Å². The van der Waals surface area contributed by atoms with E-state index < -0.39 is 26.8 Å². The Morgan fingerprint density at radius 3 is 1.50 bits per heavy atom. The molecule has 0 saturated carbocycles. The molecule has 0 radical (unpaired) electrons. The molecule has 1 saturated heterocycles. The highest BCUT2D eigenvalue weighted by Crippen LogP contribution is 2.71. The zero-order valence-corrected chi connectivity index (χ0v) is 16.8. The molecule has 0 unspecified atom stereocenters. The maximum absolute atomic E-state index is 13.4. The predicted molar refractivity (Wildman–Crippen MR) is 92.3 cm³/mol. The van der Waals surface area contributed by atoms with Crippen LogP contribution in [-0.2, 0) is 27.2 Å². The van der Waals surface area contributed by atoms with Gasteiger partial charge in [0.1, 0.15) is 0 Å². The fourth-order valence-corrected chi connectivity index (χ4v) is 8.32. The third-order valence-corrected chi connectivity index (χ3v) is 9.58. The zero-order chi connectivity index (χ0) is 18.2. The molecule has 0 aromatic heterocycles. The Labute approximate surface area is 144 Å². The van der Waals surface area contributed by atoms with E-state index >= 15 is 0 Å². The Bertz CT molecular complexity index is 404. The maximum atomic E-state index is 13.4. The van der Waals surface area contributed by atoms with E-state index in [1.54, 1.807) is 32.6 Å². The van der Waals surface area contributed by atoms with Crippen molar-refractivity contribution in [2.45, 2.75) is 52.2 Å². The second-order valence-corrected chi connectivity index (χ2v) is 9.94. The Hall–Kier alpha value is 0.220. The largest absolute Gasteiger partial charge is 0.393 e. The molecule has 1 fully saturated rings. The lowest BCUT2D eigenvalue weighted by atomic mass is 10.1.